The van der Waals surface area contributed by atoms with Gasteiger partial charge in [0.05, 0.1) is 12.5 Å². The summed E-state index contributed by atoms with van der Waals surface area (Å²) >= 11 is 0. The summed E-state index contributed by atoms with van der Waals surface area (Å²) in [6.45, 7) is 0. The Bertz CT molecular complexity index is 342. The van der Waals surface area contributed by atoms with Crippen molar-refractivity contribution in [3.8, 4) is 6.07 Å². The largest absolute Gasteiger partial charge is 0.261 e. The molecule has 0 saturated heterocycles. The fourth-order valence-corrected chi connectivity index (χ4v) is 2.27. The molecule has 0 bridgehead atoms. The first-order valence-corrected chi connectivity index (χ1v) is 5.72. The Kier molecular flexibility index (Phi) is 3.34. The summed E-state index contributed by atoms with van der Waals surface area (Å²) in [4.78, 5) is 4.47. The first kappa shape index (κ1) is 10.2. The van der Waals surface area contributed by atoms with Gasteiger partial charge in [0.25, 0.3) is 0 Å². The minimum absolute atomic E-state index is 0.470. The minimum atomic E-state index is 0.470. The van der Waals surface area contributed by atoms with E-state index < -0.39 is 0 Å². The van der Waals surface area contributed by atoms with Crippen LogP contribution in [0.3, 0.4) is 0 Å². The Morgan fingerprint density at radius 3 is 2.67 bits per heavy atom. The molecule has 0 spiro atoms. The maximum Gasteiger partial charge on any atom is 0.0670 e. The first-order chi connectivity index (χ1) is 7.40. The van der Waals surface area contributed by atoms with E-state index in [9.17, 15) is 0 Å². The molecule has 1 fully saturated rings. The van der Waals surface area contributed by atoms with Crippen molar-refractivity contribution in [2.45, 2.75) is 44.4 Å². The Labute approximate surface area is 91.0 Å². The standard InChI is InChI=1S/C13H16N2/c14-9-8-11-6-7-13(15-10-11)12-4-2-1-3-5-12/h6-7,10,12H,1-5,8H2. The number of aromatic nitrogens is 1. The molecule has 1 aliphatic rings. The van der Waals surface area contributed by atoms with Gasteiger partial charge in [0.15, 0.2) is 0 Å². The van der Waals surface area contributed by atoms with Crippen LogP contribution in [0.15, 0.2) is 18.3 Å². The maximum atomic E-state index is 8.56. The van der Waals surface area contributed by atoms with Crippen LogP contribution < -0.4 is 0 Å². The lowest BCUT2D eigenvalue weighted by molar-refractivity contribution is 0.436. The van der Waals surface area contributed by atoms with Crippen LogP contribution in [0, 0.1) is 11.3 Å². The van der Waals surface area contributed by atoms with Crippen molar-refractivity contribution in [3.63, 3.8) is 0 Å². The highest BCUT2D eigenvalue weighted by molar-refractivity contribution is 5.19. The van der Waals surface area contributed by atoms with Crippen LogP contribution in [0.5, 0.6) is 0 Å². The first-order valence-electron chi connectivity index (χ1n) is 5.72. The molecule has 1 saturated carbocycles. The summed E-state index contributed by atoms with van der Waals surface area (Å²) in [5.41, 5.74) is 2.24. The number of hydrogen-bond acceptors (Lipinski definition) is 2. The van der Waals surface area contributed by atoms with Crippen LogP contribution in [-0.4, -0.2) is 4.98 Å². The molecule has 0 N–H and O–H groups in total. The number of hydrogen-bond donors (Lipinski definition) is 0. The molecule has 1 heterocycles. The highest BCUT2D eigenvalue weighted by Crippen LogP contribution is 2.31. The SMILES string of the molecule is N#CCc1ccc(C2CCCCC2)nc1. The predicted octanol–water partition coefficient (Wildman–Crippen LogP) is 3.20. The van der Waals surface area contributed by atoms with Gasteiger partial charge in [-0.15, -0.1) is 0 Å². The molecule has 0 atom stereocenters. The van der Waals surface area contributed by atoms with Gasteiger partial charge in [-0.2, -0.15) is 5.26 Å². The van der Waals surface area contributed by atoms with Gasteiger partial charge in [0.1, 0.15) is 0 Å². The zero-order valence-corrected chi connectivity index (χ0v) is 8.95. The van der Waals surface area contributed by atoms with Crippen LogP contribution in [0.25, 0.3) is 0 Å². The monoisotopic (exact) mass is 200 g/mol. The molecular formula is C13H16N2. The smallest absolute Gasteiger partial charge is 0.0670 e. The minimum Gasteiger partial charge on any atom is -0.261 e. The molecule has 2 heteroatoms. The van der Waals surface area contributed by atoms with Gasteiger partial charge in [-0.05, 0) is 24.5 Å². The zero-order valence-electron chi connectivity index (χ0n) is 8.95. The average Bonchev–Trinajstić information content (AvgIpc) is 2.32. The Balaban J connectivity index is 2.05. The number of nitriles is 1. The molecule has 0 amide bonds. The molecule has 0 unspecified atom stereocenters. The van der Waals surface area contributed by atoms with Gasteiger partial charge in [-0.1, -0.05) is 25.3 Å². The summed E-state index contributed by atoms with van der Waals surface area (Å²) in [5.74, 6) is 0.662. The van der Waals surface area contributed by atoms with Gasteiger partial charge >= 0.3 is 0 Å². The van der Waals surface area contributed by atoms with Crippen molar-refractivity contribution in [1.82, 2.24) is 4.98 Å². The van der Waals surface area contributed by atoms with Crippen LogP contribution in [0.2, 0.25) is 0 Å². The molecule has 1 aromatic rings. The highest BCUT2D eigenvalue weighted by Gasteiger charge is 2.16. The van der Waals surface area contributed by atoms with Crippen molar-refractivity contribution in [1.29, 1.82) is 5.26 Å². The molecule has 0 aromatic carbocycles. The van der Waals surface area contributed by atoms with E-state index in [4.69, 9.17) is 5.26 Å². The molecule has 1 aliphatic carbocycles. The molecule has 0 aliphatic heterocycles. The van der Waals surface area contributed by atoms with Gasteiger partial charge in [0, 0.05) is 17.8 Å². The van der Waals surface area contributed by atoms with E-state index in [-0.39, 0.29) is 0 Å². The Hall–Kier alpha value is -1.36. The topological polar surface area (TPSA) is 36.7 Å². The van der Waals surface area contributed by atoms with E-state index in [0.717, 1.165) is 5.56 Å². The lowest BCUT2D eigenvalue weighted by Gasteiger charge is -2.20. The molecule has 0 radical (unpaired) electrons. The van der Waals surface area contributed by atoms with Gasteiger partial charge < -0.3 is 0 Å². The lowest BCUT2D eigenvalue weighted by Crippen LogP contribution is -2.06. The summed E-state index contributed by atoms with van der Waals surface area (Å²) in [5, 5.41) is 8.56. The van der Waals surface area contributed by atoms with Crippen molar-refractivity contribution >= 4 is 0 Å². The molecule has 2 nitrogen and oxygen atoms in total. The molecular weight excluding hydrogens is 184 g/mol. The van der Waals surface area contributed by atoms with Crippen LogP contribution in [0.1, 0.15) is 49.3 Å². The van der Waals surface area contributed by atoms with Crippen LogP contribution in [-0.2, 0) is 6.42 Å². The van der Waals surface area contributed by atoms with Crippen molar-refractivity contribution in [2.24, 2.45) is 0 Å². The van der Waals surface area contributed by atoms with E-state index in [1.54, 1.807) is 0 Å². The third-order valence-corrected chi connectivity index (χ3v) is 3.15. The number of rotatable bonds is 2. The Morgan fingerprint density at radius 2 is 2.07 bits per heavy atom. The molecule has 2 rings (SSSR count). The van der Waals surface area contributed by atoms with Gasteiger partial charge in [-0.3, -0.25) is 4.98 Å². The van der Waals surface area contributed by atoms with Gasteiger partial charge in [0.2, 0.25) is 0 Å². The third kappa shape index (κ3) is 2.56. The molecule has 1 aromatic heterocycles. The summed E-state index contributed by atoms with van der Waals surface area (Å²) < 4.78 is 0. The quantitative estimate of drug-likeness (QED) is 0.735. The van der Waals surface area contributed by atoms with Crippen molar-refractivity contribution < 1.29 is 0 Å². The summed E-state index contributed by atoms with van der Waals surface area (Å²) in [6, 6.07) is 6.28. The normalized spacial score (nSPS) is 17.3. The zero-order chi connectivity index (χ0) is 10.5. The number of nitrogens with zero attached hydrogens (tertiary/aromatic N) is 2. The van der Waals surface area contributed by atoms with E-state index in [1.807, 2.05) is 12.3 Å². The summed E-state index contributed by atoms with van der Waals surface area (Å²) in [6.07, 6.45) is 8.95. The van der Waals surface area contributed by atoms with Gasteiger partial charge in [-0.25, -0.2) is 0 Å². The second kappa shape index (κ2) is 4.93. The lowest BCUT2D eigenvalue weighted by atomic mass is 9.86. The fraction of sp³-hybridized carbons (Fsp3) is 0.538. The fourth-order valence-electron chi connectivity index (χ4n) is 2.27. The van der Waals surface area contributed by atoms with Crippen LogP contribution >= 0.6 is 0 Å². The third-order valence-electron chi connectivity index (χ3n) is 3.15. The van der Waals surface area contributed by atoms with E-state index in [2.05, 4.69) is 17.1 Å². The summed E-state index contributed by atoms with van der Waals surface area (Å²) in [7, 11) is 0. The number of pyridine rings is 1. The Morgan fingerprint density at radius 1 is 1.27 bits per heavy atom. The molecule has 15 heavy (non-hydrogen) atoms. The highest BCUT2D eigenvalue weighted by atomic mass is 14.7. The van der Waals surface area contributed by atoms with Crippen LogP contribution in [0.4, 0.5) is 0 Å². The second-order valence-corrected chi connectivity index (χ2v) is 4.26. The van der Waals surface area contributed by atoms with Crippen molar-refractivity contribution in [3.05, 3.63) is 29.6 Å². The predicted molar refractivity (Wildman–Crippen MR) is 59.4 cm³/mol. The molecule has 78 valence electrons. The van der Waals surface area contributed by atoms with E-state index >= 15 is 0 Å². The maximum absolute atomic E-state index is 8.56. The average molecular weight is 200 g/mol. The second-order valence-electron chi connectivity index (χ2n) is 4.26. The van der Waals surface area contributed by atoms with E-state index in [0.29, 0.717) is 12.3 Å². The van der Waals surface area contributed by atoms with Crippen molar-refractivity contribution in [2.75, 3.05) is 0 Å². The van der Waals surface area contributed by atoms with E-state index in [1.165, 1.54) is 37.8 Å².